The van der Waals surface area contributed by atoms with Gasteiger partial charge in [0.15, 0.2) is 11.5 Å². The SMILES string of the molecule is CCNCc1c(Br)ccc(OC)c1OCc1ccc(Cl)cc1Cl. The van der Waals surface area contributed by atoms with E-state index in [4.69, 9.17) is 32.7 Å². The maximum absolute atomic E-state index is 6.21. The van der Waals surface area contributed by atoms with Gasteiger partial charge >= 0.3 is 0 Å². The van der Waals surface area contributed by atoms with Gasteiger partial charge in [0.2, 0.25) is 0 Å². The normalized spacial score (nSPS) is 10.7. The summed E-state index contributed by atoms with van der Waals surface area (Å²) in [5, 5.41) is 4.49. The minimum Gasteiger partial charge on any atom is -0.493 e. The van der Waals surface area contributed by atoms with Crippen LogP contribution < -0.4 is 14.8 Å². The number of ether oxygens (including phenoxy) is 2. The molecule has 2 aromatic rings. The Balaban J connectivity index is 2.27. The van der Waals surface area contributed by atoms with Gasteiger partial charge in [-0.1, -0.05) is 52.1 Å². The zero-order valence-electron chi connectivity index (χ0n) is 13.0. The van der Waals surface area contributed by atoms with E-state index >= 15 is 0 Å². The molecule has 1 N–H and O–H groups in total. The van der Waals surface area contributed by atoms with Gasteiger partial charge in [0.1, 0.15) is 6.61 Å². The van der Waals surface area contributed by atoms with Crippen LogP contribution in [0, 0.1) is 0 Å². The lowest BCUT2D eigenvalue weighted by Gasteiger charge is -2.17. The van der Waals surface area contributed by atoms with Gasteiger partial charge in [-0.15, -0.1) is 0 Å². The molecule has 0 aliphatic heterocycles. The zero-order chi connectivity index (χ0) is 16.8. The summed E-state index contributed by atoms with van der Waals surface area (Å²) >= 11 is 15.7. The monoisotopic (exact) mass is 417 g/mol. The minimum absolute atomic E-state index is 0.335. The number of halogens is 3. The first-order valence-corrected chi connectivity index (χ1v) is 8.74. The predicted molar refractivity (Wildman–Crippen MR) is 98.9 cm³/mol. The molecule has 0 saturated heterocycles. The molecule has 2 aromatic carbocycles. The highest BCUT2D eigenvalue weighted by Gasteiger charge is 2.15. The van der Waals surface area contributed by atoms with Crippen LogP contribution in [0.25, 0.3) is 0 Å². The summed E-state index contributed by atoms with van der Waals surface area (Å²) in [6.07, 6.45) is 0. The Morgan fingerprint density at radius 1 is 1.17 bits per heavy atom. The number of benzene rings is 2. The number of nitrogens with one attached hydrogen (secondary N) is 1. The molecule has 0 unspecified atom stereocenters. The summed E-state index contributed by atoms with van der Waals surface area (Å²) in [5.74, 6) is 1.39. The molecule has 0 amide bonds. The summed E-state index contributed by atoms with van der Waals surface area (Å²) < 4.78 is 12.4. The largest absolute Gasteiger partial charge is 0.493 e. The summed E-state index contributed by atoms with van der Waals surface area (Å²) in [4.78, 5) is 0. The van der Waals surface area contributed by atoms with Crippen LogP contribution in [0.2, 0.25) is 10.0 Å². The van der Waals surface area contributed by atoms with Gasteiger partial charge in [0, 0.05) is 32.2 Å². The van der Waals surface area contributed by atoms with Crippen LogP contribution in [0.5, 0.6) is 11.5 Å². The summed E-state index contributed by atoms with van der Waals surface area (Å²) in [5.41, 5.74) is 1.88. The quantitative estimate of drug-likeness (QED) is 0.648. The van der Waals surface area contributed by atoms with E-state index in [0.29, 0.717) is 34.7 Å². The third kappa shape index (κ3) is 4.77. The maximum atomic E-state index is 6.21. The topological polar surface area (TPSA) is 30.5 Å². The van der Waals surface area contributed by atoms with Crippen LogP contribution in [0.3, 0.4) is 0 Å². The lowest BCUT2D eigenvalue weighted by molar-refractivity contribution is 0.280. The van der Waals surface area contributed by atoms with Crippen molar-refractivity contribution in [1.82, 2.24) is 5.32 Å². The second kappa shape index (κ2) is 8.78. The van der Waals surface area contributed by atoms with Gasteiger partial charge in [-0.3, -0.25) is 0 Å². The third-order valence-corrected chi connectivity index (χ3v) is 4.66. The van der Waals surface area contributed by atoms with E-state index in [1.165, 1.54) is 0 Å². The van der Waals surface area contributed by atoms with Gasteiger partial charge in [0.25, 0.3) is 0 Å². The molecule has 3 nitrogen and oxygen atoms in total. The first-order chi connectivity index (χ1) is 11.1. The van der Waals surface area contributed by atoms with Gasteiger partial charge in [-0.25, -0.2) is 0 Å². The highest BCUT2D eigenvalue weighted by Crippen LogP contribution is 2.37. The highest BCUT2D eigenvalue weighted by molar-refractivity contribution is 9.10. The standard InChI is InChI=1S/C17H18BrCl2NO2/c1-3-21-9-13-14(18)6-7-16(22-2)17(13)23-10-11-4-5-12(19)8-15(11)20/h4-8,21H,3,9-10H2,1-2H3. The number of methoxy groups -OCH3 is 1. The lowest BCUT2D eigenvalue weighted by Crippen LogP contribution is -2.14. The van der Waals surface area contributed by atoms with Crippen molar-refractivity contribution in [2.24, 2.45) is 0 Å². The average molecular weight is 419 g/mol. The predicted octanol–water partition coefficient (Wildman–Crippen LogP) is 5.45. The van der Waals surface area contributed by atoms with E-state index in [2.05, 4.69) is 28.2 Å². The summed E-state index contributed by atoms with van der Waals surface area (Å²) in [6, 6.07) is 9.19. The van der Waals surface area contributed by atoms with E-state index in [-0.39, 0.29) is 0 Å². The van der Waals surface area contributed by atoms with Crippen LogP contribution in [0.15, 0.2) is 34.8 Å². The second-order valence-corrected chi connectivity index (χ2v) is 6.56. The maximum Gasteiger partial charge on any atom is 0.167 e. The van der Waals surface area contributed by atoms with E-state index in [1.807, 2.05) is 18.2 Å². The molecule has 0 bridgehead atoms. The molecule has 0 aliphatic carbocycles. The van der Waals surface area contributed by atoms with Crippen molar-refractivity contribution in [2.75, 3.05) is 13.7 Å². The molecule has 0 saturated carbocycles. The second-order valence-electron chi connectivity index (χ2n) is 4.86. The van der Waals surface area contributed by atoms with Crippen LogP contribution in [-0.2, 0) is 13.2 Å². The van der Waals surface area contributed by atoms with Gasteiger partial charge < -0.3 is 14.8 Å². The molecule has 0 radical (unpaired) electrons. The Hall–Kier alpha value is -0.940. The molecule has 0 heterocycles. The van der Waals surface area contributed by atoms with Crippen LogP contribution in [0.1, 0.15) is 18.1 Å². The van der Waals surface area contributed by atoms with Crippen molar-refractivity contribution in [3.63, 3.8) is 0 Å². The molecule has 0 atom stereocenters. The molecule has 0 spiro atoms. The molecule has 0 fully saturated rings. The molecule has 23 heavy (non-hydrogen) atoms. The van der Waals surface area contributed by atoms with Crippen molar-refractivity contribution < 1.29 is 9.47 Å². The summed E-state index contributed by atoms with van der Waals surface area (Å²) in [6.45, 7) is 3.94. The first-order valence-electron chi connectivity index (χ1n) is 7.19. The fourth-order valence-corrected chi connectivity index (χ4v) is 3.02. The van der Waals surface area contributed by atoms with E-state index < -0.39 is 0 Å². The molecular weight excluding hydrogens is 401 g/mol. The molecule has 124 valence electrons. The highest BCUT2D eigenvalue weighted by atomic mass is 79.9. The van der Waals surface area contributed by atoms with Crippen molar-refractivity contribution in [3.8, 4) is 11.5 Å². The Morgan fingerprint density at radius 2 is 1.96 bits per heavy atom. The smallest absolute Gasteiger partial charge is 0.167 e. The van der Waals surface area contributed by atoms with Crippen LogP contribution in [0.4, 0.5) is 0 Å². The Bertz CT molecular complexity index is 680. The molecule has 6 heteroatoms. The number of hydrogen-bond donors (Lipinski definition) is 1. The van der Waals surface area contributed by atoms with E-state index in [1.54, 1.807) is 19.2 Å². The Labute approximate surface area is 155 Å². The lowest BCUT2D eigenvalue weighted by atomic mass is 10.1. The fraction of sp³-hybridized carbons (Fsp3) is 0.294. The van der Waals surface area contributed by atoms with Gasteiger partial charge in [0.05, 0.1) is 7.11 Å². The van der Waals surface area contributed by atoms with Crippen molar-refractivity contribution in [3.05, 3.63) is 56.0 Å². The number of rotatable bonds is 7. The van der Waals surface area contributed by atoms with E-state index in [0.717, 1.165) is 22.1 Å². The first kappa shape index (κ1) is 18.4. The number of hydrogen-bond acceptors (Lipinski definition) is 3. The Kier molecular flexibility index (Phi) is 7.03. The van der Waals surface area contributed by atoms with Gasteiger partial charge in [-0.05, 0) is 30.8 Å². The average Bonchev–Trinajstić information content (AvgIpc) is 2.53. The fourth-order valence-electron chi connectivity index (χ4n) is 2.10. The zero-order valence-corrected chi connectivity index (χ0v) is 16.1. The van der Waals surface area contributed by atoms with Crippen molar-refractivity contribution in [2.45, 2.75) is 20.1 Å². The Morgan fingerprint density at radius 3 is 2.61 bits per heavy atom. The third-order valence-electron chi connectivity index (χ3n) is 3.33. The van der Waals surface area contributed by atoms with Crippen LogP contribution >= 0.6 is 39.1 Å². The van der Waals surface area contributed by atoms with E-state index in [9.17, 15) is 0 Å². The minimum atomic E-state index is 0.335. The molecule has 0 aromatic heterocycles. The van der Waals surface area contributed by atoms with Crippen molar-refractivity contribution in [1.29, 1.82) is 0 Å². The molecular formula is C17H18BrCl2NO2. The van der Waals surface area contributed by atoms with Crippen LogP contribution in [-0.4, -0.2) is 13.7 Å². The molecule has 2 rings (SSSR count). The van der Waals surface area contributed by atoms with Crippen molar-refractivity contribution >= 4 is 39.1 Å². The summed E-state index contributed by atoms with van der Waals surface area (Å²) in [7, 11) is 1.63. The van der Waals surface area contributed by atoms with Gasteiger partial charge in [-0.2, -0.15) is 0 Å². The molecule has 0 aliphatic rings.